The number of nitrogens with one attached hydrogen (secondary N) is 1. The summed E-state index contributed by atoms with van der Waals surface area (Å²) in [6.45, 7) is 8.94. The van der Waals surface area contributed by atoms with Crippen molar-refractivity contribution < 1.29 is 33.2 Å². The third-order valence-electron chi connectivity index (χ3n) is 9.37. The summed E-state index contributed by atoms with van der Waals surface area (Å²) >= 11 is 12.8. The van der Waals surface area contributed by atoms with Gasteiger partial charge in [0.2, 0.25) is 11.8 Å². The Hall–Kier alpha value is -4.13. The molecule has 0 radical (unpaired) electrons. The number of methoxy groups -OCH3 is 1. The van der Waals surface area contributed by atoms with Crippen LogP contribution in [0.3, 0.4) is 0 Å². The molecule has 4 rings (SSSR count). The predicted molar refractivity (Wildman–Crippen MR) is 200 cm³/mol. The van der Waals surface area contributed by atoms with Crippen molar-refractivity contribution in [2.75, 3.05) is 18.2 Å². The van der Waals surface area contributed by atoms with Gasteiger partial charge in [0.1, 0.15) is 11.3 Å². The Kier molecular flexibility index (Phi) is 12.5. The number of anilines is 1. The van der Waals surface area contributed by atoms with Crippen LogP contribution in [0.4, 0.5) is 10.5 Å². The lowest BCUT2D eigenvalue weighted by atomic mass is 9.66. The van der Waals surface area contributed by atoms with E-state index in [0.717, 1.165) is 11.1 Å². The SMILES string of the molecule is COc1cc(NC(=O)C[C@@]2(C)C[C@H](c3cccc(Cl)c3)[C@@H](c3ccc(Cl)cc3)N([C@H](CS(=O)(=NC(N)=O)C(C)C)C(C)C)C2=O)ccc1C(=O)O. The molecule has 4 amide bonds. The minimum atomic E-state index is -3.26. The number of amides is 4. The molecule has 3 aromatic rings. The number of piperidine rings is 1. The number of urea groups is 1. The molecule has 11 nitrogen and oxygen atoms in total. The lowest BCUT2D eigenvalue weighted by Gasteiger charge is -2.53. The van der Waals surface area contributed by atoms with Crippen LogP contribution in [0, 0.1) is 11.3 Å². The van der Waals surface area contributed by atoms with Gasteiger partial charge in [0, 0.05) is 45.4 Å². The van der Waals surface area contributed by atoms with Crippen LogP contribution in [0.25, 0.3) is 0 Å². The first-order valence-electron chi connectivity index (χ1n) is 16.5. The lowest BCUT2D eigenvalue weighted by molar-refractivity contribution is -0.157. The van der Waals surface area contributed by atoms with E-state index in [1.54, 1.807) is 43.9 Å². The van der Waals surface area contributed by atoms with Crippen LogP contribution in [0.15, 0.2) is 71.1 Å². The van der Waals surface area contributed by atoms with E-state index in [0.29, 0.717) is 15.7 Å². The number of ether oxygens (including phenoxy) is 1. The Morgan fingerprint density at radius 2 is 1.71 bits per heavy atom. The number of carbonyl (C=O) groups excluding carboxylic acids is 3. The standard InChI is InChI=1S/C37H44Cl2N4O7S/c1-21(2)30(20-51(49,22(3)4)42-36(40)48)43-33(23-10-12-25(38)13-11-23)29(24-8-7-9-26(39)16-24)18-37(5,35(43)47)19-32(44)41-27-14-15-28(34(45)46)31(17-27)50-6/h7-17,21-22,29-30,33H,18-20H2,1-6H3,(H2,40,48)(H,41,44)(H,45,46)/t29-,30-,33-,37-,51?/m1/s1. The third-order valence-corrected chi connectivity index (χ3v) is 12.6. The molecule has 0 saturated carbocycles. The first-order valence-corrected chi connectivity index (χ1v) is 19.0. The summed E-state index contributed by atoms with van der Waals surface area (Å²) in [6, 6.07) is 16.3. The van der Waals surface area contributed by atoms with Crippen LogP contribution < -0.4 is 15.8 Å². The van der Waals surface area contributed by atoms with Gasteiger partial charge in [-0.15, -0.1) is 4.36 Å². The Morgan fingerprint density at radius 3 is 2.25 bits per heavy atom. The number of halogens is 2. The van der Waals surface area contributed by atoms with Gasteiger partial charge in [-0.25, -0.2) is 13.8 Å². The molecular weight excluding hydrogens is 715 g/mol. The van der Waals surface area contributed by atoms with Crippen molar-refractivity contribution in [3.05, 3.63) is 93.5 Å². The van der Waals surface area contributed by atoms with Crippen molar-refractivity contribution >= 4 is 62.4 Å². The second-order valence-electron chi connectivity index (χ2n) is 13.7. The Morgan fingerprint density at radius 1 is 1.04 bits per heavy atom. The molecule has 1 unspecified atom stereocenters. The van der Waals surface area contributed by atoms with Gasteiger partial charge in [-0.1, -0.05) is 82.1 Å². The number of hydrogen-bond donors (Lipinski definition) is 3. The van der Waals surface area contributed by atoms with Crippen LogP contribution in [0.5, 0.6) is 5.75 Å². The smallest absolute Gasteiger partial charge is 0.346 e. The molecule has 0 aliphatic carbocycles. The molecule has 1 heterocycles. The number of carboxylic acids is 1. The molecular formula is C37H44Cl2N4O7S. The number of primary amides is 1. The van der Waals surface area contributed by atoms with E-state index in [1.807, 2.05) is 44.2 Å². The lowest BCUT2D eigenvalue weighted by Crippen LogP contribution is -2.59. The van der Waals surface area contributed by atoms with E-state index in [4.69, 9.17) is 33.7 Å². The third kappa shape index (κ3) is 9.03. The van der Waals surface area contributed by atoms with E-state index in [2.05, 4.69) is 9.68 Å². The molecule has 0 aromatic heterocycles. The number of benzene rings is 3. The second kappa shape index (κ2) is 16.0. The Labute approximate surface area is 309 Å². The highest BCUT2D eigenvalue weighted by molar-refractivity contribution is 7.94. The van der Waals surface area contributed by atoms with Crippen molar-refractivity contribution in [3.63, 3.8) is 0 Å². The predicted octanol–water partition coefficient (Wildman–Crippen LogP) is 7.77. The first-order chi connectivity index (χ1) is 23.9. The zero-order valence-electron chi connectivity index (χ0n) is 29.4. The number of hydrogen-bond acceptors (Lipinski definition) is 6. The highest BCUT2D eigenvalue weighted by Crippen LogP contribution is 2.53. The van der Waals surface area contributed by atoms with Crippen molar-refractivity contribution in [1.82, 2.24) is 4.90 Å². The fourth-order valence-corrected chi connectivity index (χ4v) is 9.08. The molecule has 1 fully saturated rings. The van der Waals surface area contributed by atoms with Crippen LogP contribution >= 0.6 is 23.2 Å². The van der Waals surface area contributed by atoms with E-state index in [1.165, 1.54) is 25.3 Å². The summed E-state index contributed by atoms with van der Waals surface area (Å²) in [5.41, 5.74) is 5.97. The molecule has 5 atom stereocenters. The highest BCUT2D eigenvalue weighted by Gasteiger charge is 2.53. The summed E-state index contributed by atoms with van der Waals surface area (Å²) < 4.78 is 23.5. The largest absolute Gasteiger partial charge is 0.496 e. The summed E-state index contributed by atoms with van der Waals surface area (Å²) in [7, 11) is -1.93. The molecule has 4 N–H and O–H groups in total. The van der Waals surface area contributed by atoms with Gasteiger partial charge in [0.05, 0.1) is 34.0 Å². The van der Waals surface area contributed by atoms with Crippen molar-refractivity contribution in [3.8, 4) is 5.75 Å². The number of carbonyl (C=O) groups is 4. The van der Waals surface area contributed by atoms with Gasteiger partial charge < -0.3 is 25.8 Å². The van der Waals surface area contributed by atoms with Crippen molar-refractivity contribution in [2.24, 2.45) is 21.4 Å². The molecule has 1 saturated heterocycles. The molecule has 3 aromatic carbocycles. The summed E-state index contributed by atoms with van der Waals surface area (Å²) in [5.74, 6) is -2.77. The van der Waals surface area contributed by atoms with Gasteiger partial charge in [-0.2, -0.15) is 0 Å². The minimum Gasteiger partial charge on any atom is -0.496 e. The number of nitrogens with zero attached hydrogens (tertiary/aromatic N) is 2. The molecule has 0 spiro atoms. The molecule has 51 heavy (non-hydrogen) atoms. The molecule has 274 valence electrons. The van der Waals surface area contributed by atoms with Gasteiger partial charge in [0.15, 0.2) is 0 Å². The van der Waals surface area contributed by atoms with Crippen LogP contribution in [-0.4, -0.2) is 62.2 Å². The van der Waals surface area contributed by atoms with E-state index in [-0.39, 0.29) is 41.7 Å². The van der Waals surface area contributed by atoms with Crippen LogP contribution in [0.2, 0.25) is 10.0 Å². The molecule has 0 bridgehead atoms. The summed E-state index contributed by atoms with van der Waals surface area (Å²) in [6.07, 6.45) is -0.00748. The maximum absolute atomic E-state index is 15.2. The number of rotatable bonds is 12. The van der Waals surface area contributed by atoms with E-state index >= 15 is 4.79 Å². The maximum atomic E-state index is 15.2. The number of likely N-dealkylation sites (tertiary alicyclic amines) is 1. The topological polar surface area (TPSA) is 168 Å². The average molecular weight is 760 g/mol. The van der Waals surface area contributed by atoms with E-state index < -0.39 is 56.3 Å². The zero-order valence-corrected chi connectivity index (χ0v) is 31.7. The van der Waals surface area contributed by atoms with Crippen molar-refractivity contribution in [2.45, 2.75) is 70.7 Å². The van der Waals surface area contributed by atoms with Gasteiger partial charge in [-0.3, -0.25) is 9.59 Å². The highest BCUT2D eigenvalue weighted by atomic mass is 35.5. The first kappa shape index (κ1) is 39.7. The summed E-state index contributed by atoms with van der Waals surface area (Å²) in [4.78, 5) is 54.4. The maximum Gasteiger partial charge on any atom is 0.346 e. The number of nitrogens with two attached hydrogens (primary N) is 1. The summed E-state index contributed by atoms with van der Waals surface area (Å²) in [5, 5.41) is 12.7. The van der Waals surface area contributed by atoms with Crippen molar-refractivity contribution in [1.29, 1.82) is 0 Å². The van der Waals surface area contributed by atoms with Gasteiger partial charge in [0.25, 0.3) is 0 Å². The Bertz CT molecular complexity index is 1930. The molecule has 1 aliphatic heterocycles. The minimum absolute atomic E-state index is 0.0631. The van der Waals surface area contributed by atoms with Gasteiger partial charge >= 0.3 is 12.0 Å². The average Bonchev–Trinajstić information content (AvgIpc) is 3.04. The molecule has 14 heteroatoms. The monoisotopic (exact) mass is 758 g/mol. The van der Waals surface area contributed by atoms with Crippen LogP contribution in [0.1, 0.15) is 80.9 Å². The normalized spacial score (nSPS) is 20.8. The molecule has 1 aliphatic rings. The fourth-order valence-electron chi connectivity index (χ4n) is 6.74. The van der Waals surface area contributed by atoms with Gasteiger partial charge in [-0.05, 0) is 59.9 Å². The number of aromatic carboxylic acids is 1. The van der Waals surface area contributed by atoms with Crippen LogP contribution in [-0.2, 0) is 19.3 Å². The van der Waals surface area contributed by atoms with E-state index in [9.17, 15) is 23.7 Å². The number of carboxylic acid groups (broad SMARTS) is 1. The fraction of sp³-hybridized carbons (Fsp3) is 0.405. The second-order valence-corrected chi connectivity index (χ2v) is 17.4. The quantitative estimate of drug-likeness (QED) is 0.170. The Balaban J connectivity index is 1.89. The zero-order chi connectivity index (χ0) is 37.8.